The van der Waals surface area contributed by atoms with Crippen LogP contribution in [0.15, 0.2) is 46.6 Å². The van der Waals surface area contributed by atoms with Crippen LogP contribution < -0.4 is 0 Å². The summed E-state index contributed by atoms with van der Waals surface area (Å²) in [6.45, 7) is 6.55. The van der Waals surface area contributed by atoms with Crippen molar-refractivity contribution in [2.75, 3.05) is 0 Å². The molecule has 0 aromatic rings. The SMILES string of the molecule is CC1CC=C2C3=C(CCC21)C1(C)CCC(=O)C=C1C=C3.CCC=O. The van der Waals surface area contributed by atoms with E-state index in [1.807, 2.05) is 13.0 Å². The van der Waals surface area contributed by atoms with Crippen molar-refractivity contribution in [1.82, 2.24) is 0 Å². The van der Waals surface area contributed by atoms with Gasteiger partial charge in [0.05, 0.1) is 0 Å². The van der Waals surface area contributed by atoms with Gasteiger partial charge in [0.25, 0.3) is 0 Å². The highest BCUT2D eigenvalue weighted by atomic mass is 16.1. The lowest BCUT2D eigenvalue weighted by molar-refractivity contribution is -0.115. The minimum atomic E-state index is 0.121. The molecule has 2 heteroatoms. The van der Waals surface area contributed by atoms with Gasteiger partial charge in [0.1, 0.15) is 6.29 Å². The maximum Gasteiger partial charge on any atom is 0.156 e. The molecule has 0 N–H and O–H groups in total. The molecule has 0 aromatic carbocycles. The van der Waals surface area contributed by atoms with Crippen molar-refractivity contribution in [3.8, 4) is 0 Å². The molecule has 3 unspecified atom stereocenters. The summed E-state index contributed by atoms with van der Waals surface area (Å²) >= 11 is 0. The predicted octanol–water partition coefficient (Wildman–Crippen LogP) is 5.12. The third-order valence-corrected chi connectivity index (χ3v) is 6.22. The van der Waals surface area contributed by atoms with Gasteiger partial charge in [-0.05, 0) is 60.3 Å². The van der Waals surface area contributed by atoms with Gasteiger partial charge in [0, 0.05) is 18.3 Å². The summed E-state index contributed by atoms with van der Waals surface area (Å²) in [5.41, 5.74) is 6.09. The molecule has 2 nitrogen and oxygen atoms in total. The Morgan fingerprint density at radius 1 is 1.29 bits per heavy atom. The number of allylic oxidation sites excluding steroid dienone is 8. The van der Waals surface area contributed by atoms with Crippen LogP contribution in [0.4, 0.5) is 0 Å². The fourth-order valence-corrected chi connectivity index (χ4v) is 4.72. The fraction of sp³-hybridized carbons (Fsp3) is 0.545. The van der Waals surface area contributed by atoms with E-state index in [4.69, 9.17) is 0 Å². The number of fused-ring (bicyclic) bond motifs is 4. The molecule has 0 heterocycles. The number of rotatable bonds is 1. The van der Waals surface area contributed by atoms with Crippen LogP contribution in [0.25, 0.3) is 0 Å². The van der Waals surface area contributed by atoms with Gasteiger partial charge in [-0.25, -0.2) is 0 Å². The topological polar surface area (TPSA) is 34.1 Å². The zero-order chi connectivity index (χ0) is 17.3. The van der Waals surface area contributed by atoms with Gasteiger partial charge in [-0.15, -0.1) is 0 Å². The van der Waals surface area contributed by atoms with Crippen molar-refractivity contribution in [1.29, 1.82) is 0 Å². The molecule has 3 atom stereocenters. The van der Waals surface area contributed by atoms with Crippen molar-refractivity contribution in [3.63, 3.8) is 0 Å². The van der Waals surface area contributed by atoms with Crippen molar-refractivity contribution in [2.24, 2.45) is 17.3 Å². The minimum Gasteiger partial charge on any atom is -0.303 e. The lowest BCUT2D eigenvalue weighted by atomic mass is 9.60. The number of hydrogen-bond donors (Lipinski definition) is 0. The van der Waals surface area contributed by atoms with Crippen molar-refractivity contribution in [2.45, 2.75) is 59.3 Å². The van der Waals surface area contributed by atoms with Crippen LogP contribution in [-0.2, 0) is 9.59 Å². The molecular formula is C22H28O2. The van der Waals surface area contributed by atoms with E-state index in [1.54, 1.807) is 11.1 Å². The Kier molecular flexibility index (Phi) is 4.76. The van der Waals surface area contributed by atoms with Crippen LogP contribution in [0.2, 0.25) is 0 Å². The highest BCUT2D eigenvalue weighted by molar-refractivity contribution is 5.92. The van der Waals surface area contributed by atoms with E-state index < -0.39 is 0 Å². The molecule has 0 fully saturated rings. The smallest absolute Gasteiger partial charge is 0.156 e. The first kappa shape index (κ1) is 17.1. The molecular weight excluding hydrogens is 296 g/mol. The van der Waals surface area contributed by atoms with E-state index in [0.717, 1.165) is 24.5 Å². The molecule has 24 heavy (non-hydrogen) atoms. The summed E-state index contributed by atoms with van der Waals surface area (Å²) in [6, 6.07) is 0. The van der Waals surface area contributed by atoms with Crippen molar-refractivity contribution >= 4 is 12.1 Å². The molecule has 4 rings (SSSR count). The van der Waals surface area contributed by atoms with Crippen LogP contribution in [-0.4, -0.2) is 12.1 Å². The Hall–Kier alpha value is -1.70. The number of ketones is 1. The molecule has 0 amide bonds. The quantitative estimate of drug-likeness (QED) is 0.627. The van der Waals surface area contributed by atoms with Crippen molar-refractivity contribution < 1.29 is 9.59 Å². The van der Waals surface area contributed by atoms with E-state index in [-0.39, 0.29) is 5.41 Å². The Bertz CT molecular complexity index is 674. The second-order valence-corrected chi connectivity index (χ2v) is 7.72. The summed E-state index contributed by atoms with van der Waals surface area (Å²) < 4.78 is 0. The Morgan fingerprint density at radius 3 is 2.75 bits per heavy atom. The normalized spacial score (nSPS) is 33.5. The summed E-state index contributed by atoms with van der Waals surface area (Å²) in [5.74, 6) is 1.89. The maximum absolute atomic E-state index is 11.7. The van der Waals surface area contributed by atoms with Gasteiger partial charge in [0.15, 0.2) is 5.78 Å². The van der Waals surface area contributed by atoms with Crippen LogP contribution in [0, 0.1) is 17.3 Å². The predicted molar refractivity (Wildman–Crippen MR) is 97.5 cm³/mol. The molecule has 4 aliphatic rings. The Labute approximate surface area is 145 Å². The Morgan fingerprint density at radius 2 is 2.04 bits per heavy atom. The van der Waals surface area contributed by atoms with Crippen LogP contribution >= 0.6 is 0 Å². The van der Waals surface area contributed by atoms with Gasteiger partial charge in [-0.1, -0.05) is 44.6 Å². The number of carbonyl (C=O) groups excluding carboxylic acids is 2. The number of carbonyl (C=O) groups is 2. The fourth-order valence-electron chi connectivity index (χ4n) is 4.72. The van der Waals surface area contributed by atoms with Gasteiger partial charge >= 0.3 is 0 Å². The lowest BCUT2D eigenvalue weighted by Crippen LogP contribution is -2.32. The number of aldehydes is 1. The summed E-state index contributed by atoms with van der Waals surface area (Å²) in [5, 5.41) is 0. The molecule has 0 aliphatic heterocycles. The van der Waals surface area contributed by atoms with E-state index in [9.17, 15) is 9.59 Å². The van der Waals surface area contributed by atoms with Gasteiger partial charge < -0.3 is 4.79 Å². The molecule has 0 bridgehead atoms. The molecule has 128 valence electrons. The largest absolute Gasteiger partial charge is 0.303 e. The van der Waals surface area contributed by atoms with Crippen LogP contribution in [0.1, 0.15) is 59.3 Å². The zero-order valence-corrected chi connectivity index (χ0v) is 15.1. The van der Waals surface area contributed by atoms with Crippen LogP contribution in [0.5, 0.6) is 0 Å². The highest BCUT2D eigenvalue weighted by Crippen LogP contribution is 2.55. The highest BCUT2D eigenvalue weighted by Gasteiger charge is 2.43. The molecule has 0 spiro atoms. The average Bonchev–Trinajstić information content (AvgIpc) is 2.97. The second-order valence-electron chi connectivity index (χ2n) is 7.72. The summed E-state index contributed by atoms with van der Waals surface area (Å²) in [7, 11) is 0. The third-order valence-electron chi connectivity index (χ3n) is 6.22. The third kappa shape index (κ3) is 2.76. The number of hydrogen-bond acceptors (Lipinski definition) is 2. The summed E-state index contributed by atoms with van der Waals surface area (Å²) in [6.07, 6.45) is 15.8. The van der Waals surface area contributed by atoms with Crippen LogP contribution in [0.3, 0.4) is 0 Å². The lowest BCUT2D eigenvalue weighted by Gasteiger charge is -2.43. The van der Waals surface area contributed by atoms with E-state index in [1.165, 1.54) is 30.4 Å². The van der Waals surface area contributed by atoms with Gasteiger partial charge in [-0.3, -0.25) is 4.79 Å². The van der Waals surface area contributed by atoms with Gasteiger partial charge in [0.2, 0.25) is 0 Å². The molecule has 0 aromatic heterocycles. The van der Waals surface area contributed by atoms with E-state index >= 15 is 0 Å². The monoisotopic (exact) mass is 324 g/mol. The van der Waals surface area contributed by atoms with Crippen molar-refractivity contribution in [3.05, 3.63) is 46.6 Å². The molecule has 4 aliphatic carbocycles. The van der Waals surface area contributed by atoms with Gasteiger partial charge in [-0.2, -0.15) is 0 Å². The summed E-state index contributed by atoms with van der Waals surface area (Å²) in [4.78, 5) is 20.9. The first-order valence-corrected chi connectivity index (χ1v) is 9.32. The zero-order valence-electron chi connectivity index (χ0n) is 15.1. The Balaban J connectivity index is 0.000000383. The van der Waals surface area contributed by atoms with E-state index in [2.05, 4.69) is 32.1 Å². The molecule has 0 saturated carbocycles. The standard InChI is InChI=1S/C19H22O.C3H6O/c1-12-3-5-16-15(12)7-8-18-17(16)6-4-13-11-14(20)9-10-19(13,18)2;1-2-3-4/h4-6,11-12,15H,3,7-10H2,1-2H3;3H,2H2,1H3. The minimum absolute atomic E-state index is 0.121. The first-order chi connectivity index (χ1) is 11.5. The maximum atomic E-state index is 11.7. The first-order valence-electron chi connectivity index (χ1n) is 9.32. The molecule has 0 radical (unpaired) electrons. The second kappa shape index (κ2) is 6.66. The molecule has 0 saturated heterocycles. The van der Waals surface area contributed by atoms with E-state index in [0.29, 0.717) is 18.6 Å². The average molecular weight is 324 g/mol.